The molecule has 0 saturated carbocycles. The monoisotopic (exact) mass is 840 g/mol. The number of anilines is 1. The Morgan fingerprint density at radius 1 is 0.379 bits per heavy atom. The fourth-order valence-electron chi connectivity index (χ4n) is 11.1. The van der Waals surface area contributed by atoms with Crippen molar-refractivity contribution in [2.45, 2.75) is 5.41 Å². The third kappa shape index (κ3) is 5.96. The van der Waals surface area contributed by atoms with Crippen molar-refractivity contribution in [1.29, 1.82) is 0 Å². The second-order valence-corrected chi connectivity index (χ2v) is 17.8. The van der Waals surface area contributed by atoms with Gasteiger partial charge in [-0.05, 0) is 122 Å². The van der Waals surface area contributed by atoms with Crippen LogP contribution >= 0.6 is 0 Å². The Hall–Kier alpha value is -8.46. The number of rotatable bonds is 8. The van der Waals surface area contributed by atoms with Crippen molar-refractivity contribution >= 4 is 27.5 Å². The van der Waals surface area contributed by atoms with Gasteiger partial charge in [0.05, 0.1) is 16.4 Å². The van der Waals surface area contributed by atoms with Gasteiger partial charge in [-0.3, -0.25) is 0 Å². The summed E-state index contributed by atoms with van der Waals surface area (Å²) in [5.41, 5.74) is 19.9. The molecule has 1 aromatic heterocycles. The summed E-state index contributed by atoms with van der Waals surface area (Å²) in [6.07, 6.45) is 15.4. The number of aromatic nitrogens is 1. The van der Waals surface area contributed by atoms with Crippen molar-refractivity contribution in [3.63, 3.8) is 0 Å². The fourth-order valence-corrected chi connectivity index (χ4v) is 11.1. The molecule has 0 aliphatic heterocycles. The molecule has 0 unspecified atom stereocenters. The predicted octanol–water partition coefficient (Wildman–Crippen LogP) is 16.1. The Kier molecular flexibility index (Phi) is 8.69. The molecule has 3 aliphatic carbocycles. The molecule has 310 valence electrons. The first kappa shape index (κ1) is 38.0. The van der Waals surface area contributed by atoms with Crippen molar-refractivity contribution in [3.05, 3.63) is 289 Å². The number of fused-ring (bicyclic) bond motifs is 6. The van der Waals surface area contributed by atoms with Crippen molar-refractivity contribution in [2.75, 3.05) is 5.32 Å². The van der Waals surface area contributed by atoms with Gasteiger partial charge in [-0.1, -0.05) is 200 Å². The normalized spacial score (nSPS) is 14.8. The lowest BCUT2D eigenvalue weighted by Gasteiger charge is -2.34. The molecule has 1 spiro atoms. The van der Waals surface area contributed by atoms with Gasteiger partial charge >= 0.3 is 0 Å². The fraction of sp³-hybridized carbons (Fsp3) is 0.0312. The molecule has 0 fully saturated rings. The van der Waals surface area contributed by atoms with E-state index in [1.54, 1.807) is 0 Å². The molecular formula is C64H44N2. The Bertz CT molecular complexity index is 3590. The zero-order valence-electron chi connectivity index (χ0n) is 36.3. The highest BCUT2D eigenvalue weighted by molar-refractivity contribution is 6.13. The average Bonchev–Trinajstić information content (AvgIpc) is 4.17. The molecule has 0 radical (unpaired) electrons. The Morgan fingerprint density at radius 2 is 0.970 bits per heavy atom. The van der Waals surface area contributed by atoms with Crippen LogP contribution in [0.25, 0.3) is 72.0 Å². The first-order valence-electron chi connectivity index (χ1n) is 22.9. The van der Waals surface area contributed by atoms with Gasteiger partial charge in [0, 0.05) is 38.8 Å². The number of benzene rings is 9. The lowest BCUT2D eigenvalue weighted by molar-refractivity contribution is 0.769. The standard InChI is InChI=1S/C64H44N2/c1-4-17-44(18-5-1)45-29-32-52(33-30-45)66-61-34-31-47(46-19-16-20-48(39-46)53-25-11-13-28-60(53)65-51-35-38-63(43-51)36-14-15-37-63)40-56(61)57-41-59-55(42-62(57)66)54-26-10-12-27-58(54)64(59,49-21-6-2-7-22-49)50-23-8-3-9-24-50/h1-43,65H. The van der Waals surface area contributed by atoms with Gasteiger partial charge < -0.3 is 9.88 Å². The molecule has 1 N–H and O–H groups in total. The van der Waals surface area contributed by atoms with Crippen LogP contribution in [0.15, 0.2) is 267 Å². The highest BCUT2D eigenvalue weighted by atomic mass is 15.0. The third-order valence-corrected chi connectivity index (χ3v) is 14.1. The van der Waals surface area contributed by atoms with Crippen molar-refractivity contribution in [1.82, 2.24) is 4.57 Å². The van der Waals surface area contributed by atoms with Gasteiger partial charge in [0.25, 0.3) is 0 Å². The summed E-state index contributed by atoms with van der Waals surface area (Å²) in [5, 5.41) is 6.21. The van der Waals surface area contributed by atoms with Gasteiger partial charge in [0.15, 0.2) is 0 Å². The molecule has 0 atom stereocenters. The van der Waals surface area contributed by atoms with Gasteiger partial charge in [-0.15, -0.1) is 0 Å². The van der Waals surface area contributed by atoms with E-state index < -0.39 is 5.41 Å². The van der Waals surface area contributed by atoms with Crippen LogP contribution in [0.2, 0.25) is 0 Å². The topological polar surface area (TPSA) is 17.0 Å². The number of hydrogen-bond acceptors (Lipinski definition) is 1. The number of nitrogens with zero attached hydrogens (tertiary/aromatic N) is 1. The first-order valence-corrected chi connectivity index (χ1v) is 22.9. The van der Waals surface area contributed by atoms with E-state index in [4.69, 9.17) is 0 Å². The summed E-state index contributed by atoms with van der Waals surface area (Å²) in [7, 11) is 0. The minimum atomic E-state index is -0.503. The highest BCUT2D eigenvalue weighted by Gasteiger charge is 2.46. The van der Waals surface area contributed by atoms with Gasteiger partial charge in [-0.25, -0.2) is 0 Å². The van der Waals surface area contributed by atoms with E-state index in [1.165, 1.54) is 83.0 Å². The van der Waals surface area contributed by atoms with Crippen LogP contribution in [0, 0.1) is 5.41 Å². The van der Waals surface area contributed by atoms with E-state index in [1.807, 2.05) is 0 Å². The second-order valence-electron chi connectivity index (χ2n) is 17.8. The van der Waals surface area contributed by atoms with Crippen LogP contribution in [0.1, 0.15) is 22.3 Å². The molecule has 10 aromatic rings. The summed E-state index contributed by atoms with van der Waals surface area (Å²) in [6.45, 7) is 0. The maximum absolute atomic E-state index is 3.75. The first-order chi connectivity index (χ1) is 32.6. The molecule has 0 saturated heterocycles. The molecular weight excluding hydrogens is 797 g/mol. The van der Waals surface area contributed by atoms with E-state index in [-0.39, 0.29) is 5.41 Å². The minimum Gasteiger partial charge on any atom is -0.355 e. The zero-order chi connectivity index (χ0) is 43.7. The SMILES string of the molecule is C1=CC2(C=C1)C=CC(Nc1ccccc1-c1cccc(-c3ccc4c(c3)c3cc5c(cc3n4-c3ccc(-c4ccccc4)cc3)-c3ccccc3C5(c3ccccc3)c3ccccc3)c1)=C2. The molecule has 9 aromatic carbocycles. The number of nitrogens with one attached hydrogen (secondary N) is 1. The molecule has 66 heavy (non-hydrogen) atoms. The maximum Gasteiger partial charge on any atom is 0.0713 e. The van der Waals surface area contributed by atoms with Crippen LogP contribution < -0.4 is 5.32 Å². The minimum absolute atomic E-state index is 0.126. The lowest BCUT2D eigenvalue weighted by atomic mass is 9.67. The van der Waals surface area contributed by atoms with Crippen molar-refractivity contribution < 1.29 is 0 Å². The van der Waals surface area contributed by atoms with E-state index in [9.17, 15) is 0 Å². The van der Waals surface area contributed by atoms with Crippen molar-refractivity contribution in [2.24, 2.45) is 5.41 Å². The largest absolute Gasteiger partial charge is 0.355 e. The van der Waals surface area contributed by atoms with Gasteiger partial charge in [-0.2, -0.15) is 0 Å². The molecule has 0 amide bonds. The van der Waals surface area contributed by atoms with E-state index in [0.29, 0.717) is 0 Å². The van der Waals surface area contributed by atoms with Crippen LogP contribution in [-0.4, -0.2) is 4.57 Å². The summed E-state index contributed by atoms with van der Waals surface area (Å²) in [6, 6.07) is 80.7. The molecule has 1 heterocycles. The maximum atomic E-state index is 3.75. The van der Waals surface area contributed by atoms with Crippen LogP contribution in [0.4, 0.5) is 5.69 Å². The highest BCUT2D eigenvalue weighted by Crippen LogP contribution is 2.57. The number of allylic oxidation sites excluding steroid dienone is 7. The average molecular weight is 841 g/mol. The zero-order valence-corrected chi connectivity index (χ0v) is 36.3. The Morgan fingerprint density at radius 3 is 1.73 bits per heavy atom. The second kappa shape index (κ2) is 15.1. The summed E-state index contributed by atoms with van der Waals surface area (Å²) in [5.74, 6) is 0. The predicted molar refractivity (Wildman–Crippen MR) is 276 cm³/mol. The Balaban J connectivity index is 1.01. The third-order valence-electron chi connectivity index (χ3n) is 14.1. The van der Waals surface area contributed by atoms with Crippen LogP contribution in [0.5, 0.6) is 0 Å². The van der Waals surface area contributed by atoms with Crippen molar-refractivity contribution in [3.8, 4) is 50.2 Å². The molecule has 2 nitrogen and oxygen atoms in total. The molecule has 3 aliphatic rings. The molecule has 2 heteroatoms. The lowest BCUT2D eigenvalue weighted by Crippen LogP contribution is -2.28. The van der Waals surface area contributed by atoms with Gasteiger partial charge in [0.1, 0.15) is 0 Å². The quantitative estimate of drug-likeness (QED) is 0.161. The summed E-state index contributed by atoms with van der Waals surface area (Å²) in [4.78, 5) is 0. The summed E-state index contributed by atoms with van der Waals surface area (Å²) >= 11 is 0. The van der Waals surface area contributed by atoms with E-state index in [2.05, 4.69) is 271 Å². The van der Waals surface area contributed by atoms with Crippen LogP contribution in [-0.2, 0) is 5.41 Å². The molecule has 13 rings (SSSR count). The smallest absolute Gasteiger partial charge is 0.0713 e. The van der Waals surface area contributed by atoms with E-state index in [0.717, 1.165) is 22.6 Å². The number of hydrogen-bond donors (Lipinski definition) is 1. The Labute approximate surface area is 385 Å². The number of para-hydroxylation sites is 1. The van der Waals surface area contributed by atoms with Gasteiger partial charge in [0.2, 0.25) is 0 Å². The summed E-state index contributed by atoms with van der Waals surface area (Å²) < 4.78 is 2.48. The van der Waals surface area contributed by atoms with E-state index >= 15 is 0 Å². The molecule has 0 bridgehead atoms. The van der Waals surface area contributed by atoms with Crippen LogP contribution in [0.3, 0.4) is 0 Å².